The van der Waals surface area contributed by atoms with E-state index in [0.29, 0.717) is 26.2 Å². The zero-order valence-electron chi connectivity index (χ0n) is 12.1. The lowest BCUT2D eigenvalue weighted by molar-refractivity contribution is -0.384. The fraction of sp³-hybridized carbons (Fsp3) is 0.500. The number of nitro groups is 1. The van der Waals surface area contributed by atoms with Gasteiger partial charge in [0.05, 0.1) is 10.8 Å². The number of halogens is 1. The van der Waals surface area contributed by atoms with Crippen LogP contribution in [0.15, 0.2) is 24.3 Å². The standard InChI is InChI=1S/C14H18N4O3.ClH/c19-14(11-9-15-10-11)17-6-4-16(5-7-17)12-2-1-3-13(8-12)18(20)21;/h1-3,8,11,15H,4-7,9-10H2;1H. The number of piperazine rings is 1. The molecule has 0 unspecified atom stereocenters. The summed E-state index contributed by atoms with van der Waals surface area (Å²) < 4.78 is 0. The molecule has 2 heterocycles. The lowest BCUT2D eigenvalue weighted by Crippen LogP contribution is -2.56. The van der Waals surface area contributed by atoms with Gasteiger partial charge in [-0.05, 0) is 6.07 Å². The number of nitrogens with one attached hydrogen (secondary N) is 1. The molecule has 0 spiro atoms. The van der Waals surface area contributed by atoms with Crippen molar-refractivity contribution in [1.82, 2.24) is 10.2 Å². The molecule has 22 heavy (non-hydrogen) atoms. The van der Waals surface area contributed by atoms with Crippen LogP contribution in [0.2, 0.25) is 0 Å². The zero-order valence-corrected chi connectivity index (χ0v) is 12.9. The molecule has 2 aliphatic heterocycles. The molecule has 1 aromatic rings. The number of hydrogen-bond acceptors (Lipinski definition) is 5. The maximum absolute atomic E-state index is 12.1. The SMILES string of the molecule is Cl.O=C(C1CNC1)N1CCN(c2cccc([N+](=O)[O-])c2)CC1. The van der Waals surface area contributed by atoms with Crippen LogP contribution in [0, 0.1) is 16.0 Å². The van der Waals surface area contributed by atoms with Gasteiger partial charge in [0.15, 0.2) is 0 Å². The number of non-ortho nitro benzene ring substituents is 1. The van der Waals surface area contributed by atoms with Gasteiger partial charge in [-0.25, -0.2) is 0 Å². The largest absolute Gasteiger partial charge is 0.368 e. The monoisotopic (exact) mass is 326 g/mol. The summed E-state index contributed by atoms with van der Waals surface area (Å²) in [4.78, 5) is 26.6. The second-order valence-corrected chi connectivity index (χ2v) is 5.44. The Morgan fingerprint density at radius 3 is 2.45 bits per heavy atom. The molecule has 7 nitrogen and oxygen atoms in total. The Morgan fingerprint density at radius 2 is 1.91 bits per heavy atom. The van der Waals surface area contributed by atoms with Crippen LogP contribution in [0.1, 0.15) is 0 Å². The van der Waals surface area contributed by atoms with Crippen molar-refractivity contribution < 1.29 is 9.72 Å². The topological polar surface area (TPSA) is 78.7 Å². The smallest absolute Gasteiger partial charge is 0.271 e. The summed E-state index contributed by atoms with van der Waals surface area (Å²) in [6.45, 7) is 4.35. The Kier molecular flexibility index (Phi) is 5.20. The van der Waals surface area contributed by atoms with E-state index in [1.54, 1.807) is 12.1 Å². The van der Waals surface area contributed by atoms with Gasteiger partial charge in [-0.2, -0.15) is 0 Å². The number of anilines is 1. The Bertz CT molecular complexity index is 557. The highest BCUT2D eigenvalue weighted by atomic mass is 35.5. The Hall–Kier alpha value is -1.86. The fourth-order valence-corrected chi connectivity index (χ4v) is 2.71. The molecule has 120 valence electrons. The van der Waals surface area contributed by atoms with E-state index in [4.69, 9.17) is 0 Å². The van der Waals surface area contributed by atoms with Gasteiger partial charge in [0, 0.05) is 57.1 Å². The zero-order chi connectivity index (χ0) is 14.8. The van der Waals surface area contributed by atoms with Crippen LogP contribution in [0.4, 0.5) is 11.4 Å². The average molecular weight is 327 g/mol. The molecule has 0 aromatic heterocycles. The van der Waals surface area contributed by atoms with Gasteiger partial charge in [-0.15, -0.1) is 12.4 Å². The molecule has 8 heteroatoms. The van der Waals surface area contributed by atoms with Crippen molar-refractivity contribution in [2.75, 3.05) is 44.2 Å². The summed E-state index contributed by atoms with van der Waals surface area (Å²) in [6.07, 6.45) is 0. The van der Waals surface area contributed by atoms with Crippen LogP contribution in [0.5, 0.6) is 0 Å². The van der Waals surface area contributed by atoms with E-state index < -0.39 is 0 Å². The summed E-state index contributed by atoms with van der Waals surface area (Å²) in [5, 5.41) is 13.9. The lowest BCUT2D eigenvalue weighted by atomic mass is 10.0. The number of nitrogens with zero attached hydrogens (tertiary/aromatic N) is 3. The molecule has 2 saturated heterocycles. The van der Waals surface area contributed by atoms with Crippen LogP contribution in [-0.4, -0.2) is 55.0 Å². The summed E-state index contributed by atoms with van der Waals surface area (Å²) in [5.74, 6) is 0.363. The van der Waals surface area contributed by atoms with Gasteiger partial charge in [0.25, 0.3) is 5.69 Å². The van der Waals surface area contributed by atoms with Crippen molar-refractivity contribution in [1.29, 1.82) is 0 Å². The molecule has 1 N–H and O–H groups in total. The van der Waals surface area contributed by atoms with E-state index in [9.17, 15) is 14.9 Å². The number of carbonyl (C=O) groups is 1. The summed E-state index contributed by atoms with van der Waals surface area (Å²) >= 11 is 0. The van der Waals surface area contributed by atoms with Crippen molar-refractivity contribution >= 4 is 29.7 Å². The molecule has 1 aromatic carbocycles. The number of amides is 1. The van der Waals surface area contributed by atoms with Crippen LogP contribution < -0.4 is 10.2 Å². The van der Waals surface area contributed by atoms with E-state index in [0.717, 1.165) is 18.8 Å². The molecule has 2 aliphatic rings. The third-order valence-electron chi connectivity index (χ3n) is 4.13. The first kappa shape index (κ1) is 16.5. The number of hydrogen-bond donors (Lipinski definition) is 1. The fourth-order valence-electron chi connectivity index (χ4n) is 2.71. The summed E-state index contributed by atoms with van der Waals surface area (Å²) in [7, 11) is 0. The molecule has 0 saturated carbocycles. The number of carbonyl (C=O) groups excluding carboxylic acids is 1. The highest BCUT2D eigenvalue weighted by Gasteiger charge is 2.31. The molecule has 3 rings (SSSR count). The van der Waals surface area contributed by atoms with Gasteiger partial charge < -0.3 is 15.1 Å². The first-order valence-corrected chi connectivity index (χ1v) is 7.14. The van der Waals surface area contributed by atoms with Crippen molar-refractivity contribution in [3.63, 3.8) is 0 Å². The first-order valence-electron chi connectivity index (χ1n) is 7.14. The van der Waals surface area contributed by atoms with Gasteiger partial charge in [-0.1, -0.05) is 6.07 Å². The van der Waals surface area contributed by atoms with E-state index in [-0.39, 0.29) is 34.8 Å². The predicted octanol–water partition coefficient (Wildman–Crippen LogP) is 0.885. The summed E-state index contributed by atoms with van der Waals surface area (Å²) in [6, 6.07) is 6.66. The minimum Gasteiger partial charge on any atom is -0.368 e. The Labute approximate surface area is 134 Å². The quantitative estimate of drug-likeness (QED) is 0.659. The van der Waals surface area contributed by atoms with Crippen molar-refractivity contribution in [2.24, 2.45) is 5.92 Å². The Balaban J connectivity index is 0.00000176. The normalized spacial score (nSPS) is 18.4. The lowest BCUT2D eigenvalue weighted by Gasteiger charge is -2.39. The third kappa shape index (κ3) is 3.31. The second kappa shape index (κ2) is 6.93. The molecular formula is C14H19ClN4O3. The van der Waals surface area contributed by atoms with Gasteiger partial charge >= 0.3 is 0 Å². The second-order valence-electron chi connectivity index (χ2n) is 5.44. The highest BCUT2D eigenvalue weighted by molar-refractivity contribution is 5.85. The molecule has 1 amide bonds. The minimum atomic E-state index is -0.382. The summed E-state index contributed by atoms with van der Waals surface area (Å²) in [5.41, 5.74) is 0.952. The number of nitro benzene ring substituents is 1. The highest BCUT2D eigenvalue weighted by Crippen LogP contribution is 2.22. The minimum absolute atomic E-state index is 0. The maximum atomic E-state index is 12.1. The van der Waals surface area contributed by atoms with Gasteiger partial charge in [0.1, 0.15) is 0 Å². The first-order chi connectivity index (χ1) is 10.1. The van der Waals surface area contributed by atoms with Crippen molar-refractivity contribution in [3.05, 3.63) is 34.4 Å². The number of benzene rings is 1. The van der Waals surface area contributed by atoms with Crippen LogP contribution in [-0.2, 0) is 4.79 Å². The maximum Gasteiger partial charge on any atom is 0.271 e. The molecule has 2 fully saturated rings. The van der Waals surface area contributed by atoms with Gasteiger partial charge in [0.2, 0.25) is 5.91 Å². The number of rotatable bonds is 3. The van der Waals surface area contributed by atoms with Crippen molar-refractivity contribution in [3.8, 4) is 0 Å². The molecule has 0 aliphatic carbocycles. The van der Waals surface area contributed by atoms with Gasteiger partial charge in [-0.3, -0.25) is 14.9 Å². The molecule has 0 atom stereocenters. The van der Waals surface area contributed by atoms with Crippen molar-refractivity contribution in [2.45, 2.75) is 0 Å². The molecule has 0 bridgehead atoms. The van der Waals surface area contributed by atoms with Crippen LogP contribution in [0.25, 0.3) is 0 Å². The third-order valence-corrected chi connectivity index (χ3v) is 4.13. The van der Waals surface area contributed by atoms with Crippen LogP contribution >= 0.6 is 12.4 Å². The van der Waals surface area contributed by atoms with E-state index in [1.807, 2.05) is 11.0 Å². The molecular weight excluding hydrogens is 308 g/mol. The average Bonchev–Trinajstić information content (AvgIpc) is 2.46. The van der Waals surface area contributed by atoms with E-state index in [1.165, 1.54) is 6.07 Å². The molecule has 0 radical (unpaired) electrons. The van der Waals surface area contributed by atoms with Crippen LogP contribution in [0.3, 0.4) is 0 Å². The van der Waals surface area contributed by atoms with E-state index >= 15 is 0 Å². The predicted molar refractivity (Wildman–Crippen MR) is 85.5 cm³/mol. The van der Waals surface area contributed by atoms with E-state index in [2.05, 4.69) is 10.2 Å². The Morgan fingerprint density at radius 1 is 1.23 bits per heavy atom.